The SMILES string of the molecule is C[C@@H]1CN(C(=O)c2ccc(-c3ccccc3)[nH]2)C[C@H]1C(=O)O. The van der Waals surface area contributed by atoms with Crippen molar-refractivity contribution in [2.45, 2.75) is 6.92 Å². The molecule has 0 aliphatic carbocycles. The van der Waals surface area contributed by atoms with Crippen LogP contribution in [0.4, 0.5) is 0 Å². The number of benzene rings is 1. The van der Waals surface area contributed by atoms with Gasteiger partial charge in [0.2, 0.25) is 0 Å². The summed E-state index contributed by atoms with van der Waals surface area (Å²) in [4.78, 5) is 28.4. The maximum Gasteiger partial charge on any atom is 0.308 e. The smallest absolute Gasteiger partial charge is 0.308 e. The Labute approximate surface area is 128 Å². The maximum atomic E-state index is 12.5. The van der Waals surface area contributed by atoms with E-state index in [9.17, 15) is 9.59 Å². The highest BCUT2D eigenvalue weighted by molar-refractivity contribution is 5.94. The number of likely N-dealkylation sites (tertiary alicyclic amines) is 1. The summed E-state index contributed by atoms with van der Waals surface area (Å²) in [5.74, 6) is -1.48. The average Bonchev–Trinajstić information content (AvgIpc) is 3.14. The van der Waals surface area contributed by atoms with E-state index in [0.29, 0.717) is 12.2 Å². The second kappa shape index (κ2) is 5.67. The van der Waals surface area contributed by atoms with Gasteiger partial charge in [-0.2, -0.15) is 0 Å². The highest BCUT2D eigenvalue weighted by Crippen LogP contribution is 2.25. The molecule has 1 aromatic carbocycles. The first kappa shape index (κ1) is 14.4. The Hall–Kier alpha value is -2.56. The van der Waals surface area contributed by atoms with Crippen LogP contribution >= 0.6 is 0 Å². The van der Waals surface area contributed by atoms with Crippen molar-refractivity contribution in [2.24, 2.45) is 11.8 Å². The quantitative estimate of drug-likeness (QED) is 0.914. The van der Waals surface area contributed by atoms with Gasteiger partial charge in [0.1, 0.15) is 5.69 Å². The Bertz CT molecular complexity index is 693. The third kappa shape index (κ3) is 2.62. The molecule has 5 nitrogen and oxygen atoms in total. The molecule has 2 aromatic rings. The predicted molar refractivity (Wildman–Crippen MR) is 82.4 cm³/mol. The lowest BCUT2D eigenvalue weighted by Crippen LogP contribution is -2.30. The largest absolute Gasteiger partial charge is 0.481 e. The van der Waals surface area contributed by atoms with Gasteiger partial charge in [-0.05, 0) is 23.6 Å². The minimum absolute atomic E-state index is 0.0231. The molecule has 1 aromatic heterocycles. The first-order valence-corrected chi connectivity index (χ1v) is 7.33. The number of hydrogen-bond donors (Lipinski definition) is 2. The standard InChI is InChI=1S/C17H18N2O3/c1-11-9-19(10-13(11)17(21)22)16(20)15-8-7-14(18-15)12-5-3-2-4-6-12/h2-8,11,13,18H,9-10H2,1H3,(H,21,22)/t11-,13-/m1/s1. The molecule has 2 N–H and O–H groups in total. The minimum Gasteiger partial charge on any atom is -0.481 e. The monoisotopic (exact) mass is 298 g/mol. The summed E-state index contributed by atoms with van der Waals surface area (Å²) in [6.45, 7) is 2.63. The Morgan fingerprint density at radius 3 is 2.50 bits per heavy atom. The van der Waals surface area contributed by atoms with Gasteiger partial charge in [0.05, 0.1) is 5.92 Å². The fourth-order valence-corrected chi connectivity index (χ4v) is 2.93. The lowest BCUT2D eigenvalue weighted by Gasteiger charge is -2.14. The lowest BCUT2D eigenvalue weighted by molar-refractivity contribution is -0.142. The van der Waals surface area contributed by atoms with Gasteiger partial charge in [-0.1, -0.05) is 37.3 Å². The molecule has 1 saturated heterocycles. The second-order valence-corrected chi connectivity index (χ2v) is 5.78. The summed E-state index contributed by atoms with van der Waals surface area (Å²) in [7, 11) is 0. The number of rotatable bonds is 3. The molecule has 0 bridgehead atoms. The van der Waals surface area contributed by atoms with E-state index < -0.39 is 11.9 Å². The number of amides is 1. The molecular weight excluding hydrogens is 280 g/mol. The van der Waals surface area contributed by atoms with Gasteiger partial charge in [-0.25, -0.2) is 0 Å². The van der Waals surface area contributed by atoms with Crippen molar-refractivity contribution in [1.29, 1.82) is 0 Å². The van der Waals surface area contributed by atoms with Gasteiger partial charge in [0, 0.05) is 18.8 Å². The number of nitrogens with one attached hydrogen (secondary N) is 1. The zero-order valence-corrected chi connectivity index (χ0v) is 12.3. The van der Waals surface area contributed by atoms with Crippen LogP contribution in [0.15, 0.2) is 42.5 Å². The first-order valence-electron chi connectivity index (χ1n) is 7.33. The molecule has 0 spiro atoms. The van der Waals surface area contributed by atoms with E-state index in [1.165, 1.54) is 0 Å². The number of hydrogen-bond acceptors (Lipinski definition) is 2. The van der Waals surface area contributed by atoms with E-state index in [2.05, 4.69) is 4.98 Å². The molecule has 5 heteroatoms. The molecule has 0 saturated carbocycles. The fraction of sp³-hybridized carbons (Fsp3) is 0.294. The summed E-state index contributed by atoms with van der Waals surface area (Å²) < 4.78 is 0. The van der Waals surface area contributed by atoms with E-state index in [0.717, 1.165) is 11.3 Å². The van der Waals surface area contributed by atoms with Crippen LogP contribution in [-0.2, 0) is 4.79 Å². The number of carboxylic acids is 1. The number of carbonyl (C=O) groups excluding carboxylic acids is 1. The van der Waals surface area contributed by atoms with Crippen LogP contribution in [-0.4, -0.2) is 40.0 Å². The van der Waals surface area contributed by atoms with Crippen LogP contribution < -0.4 is 0 Å². The van der Waals surface area contributed by atoms with E-state index >= 15 is 0 Å². The summed E-state index contributed by atoms with van der Waals surface area (Å²) in [5.41, 5.74) is 2.39. The average molecular weight is 298 g/mol. The number of aliphatic carboxylic acids is 1. The Balaban J connectivity index is 1.77. The lowest BCUT2D eigenvalue weighted by atomic mass is 9.99. The molecule has 1 fully saturated rings. The van der Waals surface area contributed by atoms with Crippen molar-refractivity contribution < 1.29 is 14.7 Å². The highest BCUT2D eigenvalue weighted by Gasteiger charge is 2.37. The number of carbonyl (C=O) groups is 2. The first-order chi connectivity index (χ1) is 10.6. The summed E-state index contributed by atoms with van der Waals surface area (Å²) in [5, 5.41) is 9.16. The van der Waals surface area contributed by atoms with E-state index in [-0.39, 0.29) is 18.4 Å². The van der Waals surface area contributed by atoms with Gasteiger partial charge < -0.3 is 15.0 Å². The third-order valence-electron chi connectivity index (χ3n) is 4.22. The van der Waals surface area contributed by atoms with Crippen molar-refractivity contribution in [3.63, 3.8) is 0 Å². The maximum absolute atomic E-state index is 12.5. The van der Waals surface area contributed by atoms with Gasteiger partial charge in [-0.3, -0.25) is 9.59 Å². The molecule has 0 radical (unpaired) electrons. The van der Waals surface area contributed by atoms with Crippen LogP contribution in [0, 0.1) is 11.8 Å². The molecule has 2 atom stereocenters. The summed E-state index contributed by atoms with van der Waals surface area (Å²) in [6.07, 6.45) is 0. The number of nitrogens with zero attached hydrogens (tertiary/aromatic N) is 1. The summed E-state index contributed by atoms with van der Waals surface area (Å²) in [6, 6.07) is 13.4. The van der Waals surface area contributed by atoms with Crippen LogP contribution in [0.1, 0.15) is 17.4 Å². The van der Waals surface area contributed by atoms with E-state index in [4.69, 9.17) is 5.11 Å². The van der Waals surface area contributed by atoms with Crippen molar-refractivity contribution in [2.75, 3.05) is 13.1 Å². The van der Waals surface area contributed by atoms with Crippen LogP contribution in [0.3, 0.4) is 0 Å². The predicted octanol–water partition coefficient (Wildman–Crippen LogP) is 2.47. The number of aromatic amines is 1. The number of aromatic nitrogens is 1. The van der Waals surface area contributed by atoms with E-state index in [1.54, 1.807) is 11.0 Å². The Morgan fingerprint density at radius 2 is 1.86 bits per heavy atom. The van der Waals surface area contributed by atoms with Crippen molar-refractivity contribution in [1.82, 2.24) is 9.88 Å². The Morgan fingerprint density at radius 1 is 1.14 bits per heavy atom. The molecule has 1 aliphatic heterocycles. The number of H-pyrrole nitrogens is 1. The molecule has 2 heterocycles. The van der Waals surface area contributed by atoms with E-state index in [1.807, 2.05) is 43.3 Å². The topological polar surface area (TPSA) is 73.4 Å². The normalized spacial score (nSPS) is 21.0. The molecular formula is C17H18N2O3. The van der Waals surface area contributed by atoms with Gasteiger partial charge in [0.25, 0.3) is 5.91 Å². The molecule has 3 rings (SSSR count). The Kier molecular flexibility index (Phi) is 3.71. The molecule has 114 valence electrons. The zero-order valence-electron chi connectivity index (χ0n) is 12.3. The molecule has 0 unspecified atom stereocenters. The molecule has 22 heavy (non-hydrogen) atoms. The van der Waals surface area contributed by atoms with Gasteiger partial charge in [0.15, 0.2) is 0 Å². The minimum atomic E-state index is -0.834. The van der Waals surface area contributed by atoms with Gasteiger partial charge >= 0.3 is 5.97 Å². The highest BCUT2D eigenvalue weighted by atomic mass is 16.4. The number of carboxylic acid groups (broad SMARTS) is 1. The summed E-state index contributed by atoms with van der Waals surface area (Å²) >= 11 is 0. The van der Waals surface area contributed by atoms with Gasteiger partial charge in [-0.15, -0.1) is 0 Å². The zero-order chi connectivity index (χ0) is 15.7. The van der Waals surface area contributed by atoms with Crippen LogP contribution in [0.5, 0.6) is 0 Å². The molecule has 1 amide bonds. The fourth-order valence-electron chi connectivity index (χ4n) is 2.93. The van der Waals surface area contributed by atoms with Crippen molar-refractivity contribution >= 4 is 11.9 Å². The van der Waals surface area contributed by atoms with Crippen molar-refractivity contribution in [3.05, 3.63) is 48.2 Å². The van der Waals surface area contributed by atoms with Crippen LogP contribution in [0.25, 0.3) is 11.3 Å². The second-order valence-electron chi connectivity index (χ2n) is 5.78. The molecule has 1 aliphatic rings. The third-order valence-corrected chi connectivity index (χ3v) is 4.22. The van der Waals surface area contributed by atoms with Crippen molar-refractivity contribution in [3.8, 4) is 11.3 Å². The van der Waals surface area contributed by atoms with Crippen LogP contribution in [0.2, 0.25) is 0 Å².